The van der Waals surface area contributed by atoms with Crippen LogP contribution in [0.3, 0.4) is 0 Å². The van der Waals surface area contributed by atoms with Crippen LogP contribution in [0.5, 0.6) is 0 Å². The first kappa shape index (κ1) is 12.0. The number of hydrogen-bond donors (Lipinski definition) is 0. The standard InChI is InChI=1S/C14H12N2O2/c1-16-8-6-11(7-9-16)10-15-13-4-2-12(3-5-13)14(17)18/h2-10H,1H3. The molecule has 0 aliphatic carbocycles. The van der Waals surface area contributed by atoms with Crippen molar-refractivity contribution in [2.24, 2.45) is 12.0 Å². The maximum atomic E-state index is 10.6. The molecule has 0 aliphatic heterocycles. The SMILES string of the molecule is C[n+]1ccc(C=Nc2ccc(C(=O)[O-])cc2)cc1. The second kappa shape index (κ2) is 5.23. The normalized spacial score (nSPS) is 10.7. The van der Waals surface area contributed by atoms with Gasteiger partial charge in [0.1, 0.15) is 7.05 Å². The van der Waals surface area contributed by atoms with E-state index in [-0.39, 0.29) is 5.56 Å². The Hall–Kier alpha value is -2.49. The highest BCUT2D eigenvalue weighted by atomic mass is 16.4. The molecule has 2 rings (SSSR count). The van der Waals surface area contributed by atoms with Gasteiger partial charge in [0.2, 0.25) is 0 Å². The van der Waals surface area contributed by atoms with Gasteiger partial charge >= 0.3 is 0 Å². The van der Waals surface area contributed by atoms with Crippen LogP contribution in [0.15, 0.2) is 53.8 Å². The number of carbonyl (C=O) groups excluding carboxylic acids is 1. The molecule has 0 unspecified atom stereocenters. The van der Waals surface area contributed by atoms with E-state index in [4.69, 9.17) is 0 Å². The fourth-order valence-corrected chi connectivity index (χ4v) is 1.43. The van der Waals surface area contributed by atoms with Gasteiger partial charge in [0.25, 0.3) is 0 Å². The molecule has 1 aromatic carbocycles. The molecule has 0 atom stereocenters. The molecule has 18 heavy (non-hydrogen) atoms. The van der Waals surface area contributed by atoms with Crippen molar-refractivity contribution in [1.82, 2.24) is 0 Å². The van der Waals surface area contributed by atoms with E-state index in [0.29, 0.717) is 5.69 Å². The minimum absolute atomic E-state index is 0.153. The number of carbonyl (C=O) groups is 1. The zero-order chi connectivity index (χ0) is 13.0. The van der Waals surface area contributed by atoms with Crippen molar-refractivity contribution in [3.05, 3.63) is 59.9 Å². The van der Waals surface area contributed by atoms with E-state index in [1.54, 1.807) is 18.3 Å². The van der Waals surface area contributed by atoms with E-state index in [0.717, 1.165) is 5.56 Å². The van der Waals surface area contributed by atoms with Gasteiger partial charge in [-0.2, -0.15) is 0 Å². The first-order chi connectivity index (χ1) is 8.65. The van der Waals surface area contributed by atoms with E-state index in [1.165, 1.54) is 12.1 Å². The number of hydrogen-bond acceptors (Lipinski definition) is 3. The highest BCUT2D eigenvalue weighted by Crippen LogP contribution is 2.12. The summed E-state index contributed by atoms with van der Waals surface area (Å²) in [6.07, 6.45) is 5.59. The average Bonchev–Trinajstić information content (AvgIpc) is 2.38. The lowest BCUT2D eigenvalue weighted by atomic mass is 10.2. The zero-order valence-electron chi connectivity index (χ0n) is 9.91. The third-order valence-corrected chi connectivity index (χ3v) is 2.47. The number of aliphatic imine (C=N–C) groups is 1. The molecule has 0 fully saturated rings. The summed E-state index contributed by atoms with van der Waals surface area (Å²) in [6, 6.07) is 10.1. The molecule has 0 amide bonds. The van der Waals surface area contributed by atoms with Gasteiger partial charge in [-0.25, -0.2) is 4.57 Å². The van der Waals surface area contributed by atoms with Crippen LogP contribution < -0.4 is 9.67 Å². The number of aryl methyl sites for hydroxylation is 1. The molecular weight excluding hydrogens is 228 g/mol. The fraction of sp³-hybridized carbons (Fsp3) is 0.0714. The van der Waals surface area contributed by atoms with Crippen molar-refractivity contribution in [2.75, 3.05) is 0 Å². The van der Waals surface area contributed by atoms with Gasteiger partial charge in [0.15, 0.2) is 12.4 Å². The topological polar surface area (TPSA) is 56.4 Å². The van der Waals surface area contributed by atoms with E-state index in [2.05, 4.69) is 4.99 Å². The number of benzene rings is 1. The lowest BCUT2D eigenvalue weighted by molar-refractivity contribution is -0.671. The second-order valence-electron chi connectivity index (χ2n) is 3.89. The Kier molecular flexibility index (Phi) is 3.48. The summed E-state index contributed by atoms with van der Waals surface area (Å²) in [4.78, 5) is 14.8. The first-order valence-electron chi connectivity index (χ1n) is 5.46. The summed E-state index contributed by atoms with van der Waals surface area (Å²) in [5.41, 5.74) is 1.84. The summed E-state index contributed by atoms with van der Waals surface area (Å²) in [7, 11) is 1.94. The predicted octanol–water partition coefficient (Wildman–Crippen LogP) is 0.625. The maximum absolute atomic E-state index is 10.6. The van der Waals surface area contributed by atoms with Gasteiger partial charge < -0.3 is 9.90 Å². The first-order valence-corrected chi connectivity index (χ1v) is 5.46. The molecule has 2 aromatic rings. The van der Waals surface area contributed by atoms with Crippen LogP contribution in [0.4, 0.5) is 5.69 Å². The Bertz CT molecular complexity index is 572. The Morgan fingerprint density at radius 3 is 2.33 bits per heavy atom. The molecule has 0 N–H and O–H groups in total. The summed E-state index contributed by atoms with van der Waals surface area (Å²) < 4.78 is 1.94. The largest absolute Gasteiger partial charge is 0.545 e. The monoisotopic (exact) mass is 240 g/mol. The second-order valence-corrected chi connectivity index (χ2v) is 3.89. The van der Waals surface area contributed by atoms with Gasteiger partial charge in [0.05, 0.1) is 11.7 Å². The molecule has 0 saturated heterocycles. The third kappa shape index (κ3) is 3.01. The number of aromatic carboxylic acids is 1. The Morgan fingerprint density at radius 2 is 1.78 bits per heavy atom. The van der Waals surface area contributed by atoms with E-state index >= 15 is 0 Å². The smallest absolute Gasteiger partial charge is 0.169 e. The number of pyridine rings is 1. The van der Waals surface area contributed by atoms with Gasteiger partial charge in [-0.3, -0.25) is 4.99 Å². The van der Waals surface area contributed by atoms with E-state index in [1.807, 2.05) is 36.1 Å². The van der Waals surface area contributed by atoms with Crippen LogP contribution in [0.25, 0.3) is 0 Å². The van der Waals surface area contributed by atoms with Crippen LogP contribution in [0, 0.1) is 0 Å². The predicted molar refractivity (Wildman–Crippen MR) is 65.6 cm³/mol. The number of nitrogens with zero attached hydrogens (tertiary/aromatic N) is 2. The molecule has 0 saturated carbocycles. The van der Waals surface area contributed by atoms with E-state index in [9.17, 15) is 9.90 Å². The fourth-order valence-electron chi connectivity index (χ4n) is 1.43. The molecule has 0 aliphatic rings. The van der Waals surface area contributed by atoms with Crippen LogP contribution in [-0.2, 0) is 7.05 Å². The van der Waals surface area contributed by atoms with Crippen molar-refractivity contribution in [3.8, 4) is 0 Å². The van der Waals surface area contributed by atoms with Crippen LogP contribution >= 0.6 is 0 Å². The molecule has 1 heterocycles. The zero-order valence-corrected chi connectivity index (χ0v) is 9.91. The summed E-state index contributed by atoms with van der Waals surface area (Å²) in [5, 5.41) is 10.6. The van der Waals surface area contributed by atoms with Gasteiger partial charge in [-0.05, 0) is 17.7 Å². The average molecular weight is 240 g/mol. The highest BCUT2D eigenvalue weighted by Gasteiger charge is 1.94. The summed E-state index contributed by atoms with van der Waals surface area (Å²) >= 11 is 0. The minimum atomic E-state index is -1.18. The van der Waals surface area contributed by atoms with Gasteiger partial charge in [-0.1, -0.05) is 12.1 Å². The van der Waals surface area contributed by atoms with Gasteiger partial charge in [0, 0.05) is 23.9 Å². The number of rotatable bonds is 3. The molecule has 0 radical (unpaired) electrons. The van der Waals surface area contributed by atoms with E-state index < -0.39 is 5.97 Å². The van der Waals surface area contributed by atoms with Crippen LogP contribution in [0.1, 0.15) is 15.9 Å². The Labute approximate surface area is 105 Å². The number of aromatic nitrogens is 1. The quantitative estimate of drug-likeness (QED) is 0.583. The lowest BCUT2D eigenvalue weighted by Crippen LogP contribution is -2.25. The Balaban J connectivity index is 2.13. The minimum Gasteiger partial charge on any atom is -0.545 e. The van der Waals surface area contributed by atoms with Crippen molar-refractivity contribution in [1.29, 1.82) is 0 Å². The van der Waals surface area contributed by atoms with Gasteiger partial charge in [-0.15, -0.1) is 0 Å². The number of carboxylic acid groups (broad SMARTS) is 1. The molecule has 1 aromatic heterocycles. The highest BCUT2D eigenvalue weighted by molar-refractivity contribution is 5.86. The van der Waals surface area contributed by atoms with Crippen molar-refractivity contribution >= 4 is 17.9 Å². The van der Waals surface area contributed by atoms with Crippen molar-refractivity contribution < 1.29 is 14.5 Å². The van der Waals surface area contributed by atoms with Crippen LogP contribution in [-0.4, -0.2) is 12.2 Å². The third-order valence-electron chi connectivity index (χ3n) is 2.47. The summed E-state index contributed by atoms with van der Waals surface area (Å²) in [6.45, 7) is 0. The van der Waals surface area contributed by atoms with Crippen LogP contribution in [0.2, 0.25) is 0 Å². The lowest BCUT2D eigenvalue weighted by Gasteiger charge is -2.01. The van der Waals surface area contributed by atoms with Crippen molar-refractivity contribution in [3.63, 3.8) is 0 Å². The molecule has 4 heteroatoms. The van der Waals surface area contributed by atoms with Crippen molar-refractivity contribution in [2.45, 2.75) is 0 Å². The number of carboxylic acids is 1. The summed E-state index contributed by atoms with van der Waals surface area (Å²) in [5.74, 6) is -1.18. The molecule has 90 valence electrons. The molecule has 0 spiro atoms. The molecular formula is C14H12N2O2. The molecule has 0 bridgehead atoms. The Morgan fingerprint density at radius 1 is 1.17 bits per heavy atom. The molecule has 4 nitrogen and oxygen atoms in total. The maximum Gasteiger partial charge on any atom is 0.169 e.